The highest BCUT2D eigenvalue weighted by Gasteiger charge is 2.10. The number of hydrogen-bond acceptors (Lipinski definition) is 1. The molecule has 0 aliphatic carbocycles. The lowest BCUT2D eigenvalue weighted by Crippen LogP contribution is -2.13. The Labute approximate surface area is 74.1 Å². The van der Waals surface area contributed by atoms with E-state index in [0.29, 0.717) is 0 Å². The van der Waals surface area contributed by atoms with Crippen LogP contribution in [0.15, 0.2) is 18.2 Å². The van der Waals surface area contributed by atoms with Crippen LogP contribution < -0.4 is 5.73 Å². The van der Waals surface area contributed by atoms with Crippen molar-refractivity contribution in [2.24, 2.45) is 5.73 Å². The SMILES string of the molecule is N[C@H](CF)c1ccc(Cl)cc1F. The first-order valence-electron chi connectivity index (χ1n) is 3.41. The van der Waals surface area contributed by atoms with Gasteiger partial charge in [0.2, 0.25) is 0 Å². The van der Waals surface area contributed by atoms with Crippen molar-refractivity contribution in [2.45, 2.75) is 6.04 Å². The number of halogens is 3. The van der Waals surface area contributed by atoms with Gasteiger partial charge in [-0.25, -0.2) is 8.78 Å². The summed E-state index contributed by atoms with van der Waals surface area (Å²) in [5.41, 5.74) is 5.44. The van der Waals surface area contributed by atoms with Crippen LogP contribution in [-0.2, 0) is 0 Å². The summed E-state index contributed by atoms with van der Waals surface area (Å²) in [5, 5.41) is 0.280. The third-order valence-electron chi connectivity index (χ3n) is 1.53. The summed E-state index contributed by atoms with van der Waals surface area (Å²) in [6.07, 6.45) is 0. The molecule has 0 aromatic heterocycles. The lowest BCUT2D eigenvalue weighted by Gasteiger charge is -2.07. The second kappa shape index (κ2) is 3.83. The van der Waals surface area contributed by atoms with Crippen LogP contribution in [0.4, 0.5) is 8.78 Å². The molecule has 2 N–H and O–H groups in total. The Morgan fingerprint density at radius 1 is 1.50 bits per heavy atom. The van der Waals surface area contributed by atoms with E-state index in [1.54, 1.807) is 0 Å². The van der Waals surface area contributed by atoms with Gasteiger partial charge in [0, 0.05) is 10.6 Å². The molecule has 0 bridgehead atoms. The molecule has 0 aliphatic rings. The molecule has 0 unspecified atom stereocenters. The molecular weight excluding hydrogens is 184 g/mol. The Morgan fingerprint density at radius 3 is 2.67 bits per heavy atom. The van der Waals surface area contributed by atoms with E-state index in [-0.39, 0.29) is 10.6 Å². The van der Waals surface area contributed by atoms with Crippen molar-refractivity contribution >= 4 is 11.6 Å². The molecular formula is C8H8ClF2N. The molecule has 4 heteroatoms. The van der Waals surface area contributed by atoms with Crippen LogP contribution in [0.5, 0.6) is 0 Å². The molecule has 0 radical (unpaired) electrons. The monoisotopic (exact) mass is 191 g/mol. The summed E-state index contributed by atoms with van der Waals surface area (Å²) in [5.74, 6) is -0.562. The first-order valence-corrected chi connectivity index (χ1v) is 3.79. The van der Waals surface area contributed by atoms with Crippen LogP contribution in [0.3, 0.4) is 0 Å². The highest BCUT2D eigenvalue weighted by Crippen LogP contribution is 2.19. The Kier molecular flexibility index (Phi) is 3.00. The summed E-state index contributed by atoms with van der Waals surface area (Å²) in [7, 11) is 0. The van der Waals surface area contributed by atoms with Gasteiger partial charge in [0.15, 0.2) is 0 Å². The fourth-order valence-electron chi connectivity index (χ4n) is 0.885. The van der Waals surface area contributed by atoms with E-state index in [4.69, 9.17) is 17.3 Å². The van der Waals surface area contributed by atoms with Crippen LogP contribution >= 0.6 is 11.6 Å². The first-order chi connectivity index (χ1) is 5.65. The van der Waals surface area contributed by atoms with Gasteiger partial charge in [-0.3, -0.25) is 0 Å². The fourth-order valence-corrected chi connectivity index (χ4v) is 1.04. The minimum absolute atomic E-state index is 0.155. The molecule has 0 saturated heterocycles. The molecule has 1 atom stereocenters. The average molecular weight is 192 g/mol. The second-order valence-electron chi connectivity index (χ2n) is 2.43. The van der Waals surface area contributed by atoms with Crippen LogP contribution in [-0.4, -0.2) is 6.67 Å². The number of nitrogens with two attached hydrogens (primary N) is 1. The molecule has 1 aromatic rings. The lowest BCUT2D eigenvalue weighted by molar-refractivity contribution is 0.427. The smallest absolute Gasteiger partial charge is 0.129 e. The molecule has 1 aromatic carbocycles. The molecule has 12 heavy (non-hydrogen) atoms. The average Bonchev–Trinajstić information content (AvgIpc) is 2.03. The topological polar surface area (TPSA) is 26.0 Å². The molecule has 0 amide bonds. The van der Waals surface area contributed by atoms with Crippen molar-refractivity contribution < 1.29 is 8.78 Å². The normalized spacial score (nSPS) is 13.0. The summed E-state index contributed by atoms with van der Waals surface area (Å²) < 4.78 is 25.0. The number of benzene rings is 1. The van der Waals surface area contributed by atoms with Gasteiger partial charge in [-0.15, -0.1) is 0 Å². The molecule has 66 valence electrons. The maximum Gasteiger partial charge on any atom is 0.129 e. The zero-order valence-corrected chi connectivity index (χ0v) is 6.98. The summed E-state index contributed by atoms with van der Waals surface area (Å²) in [4.78, 5) is 0. The van der Waals surface area contributed by atoms with Crippen molar-refractivity contribution in [3.8, 4) is 0 Å². The number of rotatable bonds is 2. The summed E-state index contributed by atoms with van der Waals surface area (Å²) in [6.45, 7) is -0.779. The lowest BCUT2D eigenvalue weighted by atomic mass is 10.1. The van der Waals surface area contributed by atoms with Gasteiger partial charge in [0.25, 0.3) is 0 Å². The molecule has 0 saturated carbocycles. The zero-order chi connectivity index (χ0) is 9.14. The largest absolute Gasteiger partial charge is 0.322 e. The first kappa shape index (κ1) is 9.42. The van der Waals surface area contributed by atoms with E-state index in [0.717, 1.165) is 6.07 Å². The Bertz CT molecular complexity index is 278. The van der Waals surface area contributed by atoms with Gasteiger partial charge >= 0.3 is 0 Å². The maximum atomic E-state index is 13.0. The van der Waals surface area contributed by atoms with Crippen LogP contribution in [0.25, 0.3) is 0 Å². The van der Waals surface area contributed by atoms with E-state index in [9.17, 15) is 8.78 Å². The van der Waals surface area contributed by atoms with Gasteiger partial charge in [0.1, 0.15) is 12.5 Å². The van der Waals surface area contributed by atoms with Crippen LogP contribution in [0, 0.1) is 5.82 Å². The van der Waals surface area contributed by atoms with Crippen molar-refractivity contribution in [1.29, 1.82) is 0 Å². The van der Waals surface area contributed by atoms with Crippen molar-refractivity contribution in [3.63, 3.8) is 0 Å². The minimum Gasteiger partial charge on any atom is -0.322 e. The highest BCUT2D eigenvalue weighted by molar-refractivity contribution is 6.30. The quantitative estimate of drug-likeness (QED) is 0.764. The van der Waals surface area contributed by atoms with Gasteiger partial charge < -0.3 is 5.73 Å². The second-order valence-corrected chi connectivity index (χ2v) is 2.86. The molecule has 1 rings (SSSR count). The van der Waals surface area contributed by atoms with E-state index in [1.165, 1.54) is 12.1 Å². The maximum absolute atomic E-state index is 13.0. The van der Waals surface area contributed by atoms with E-state index in [2.05, 4.69) is 0 Å². The van der Waals surface area contributed by atoms with Crippen LogP contribution in [0.2, 0.25) is 5.02 Å². The third kappa shape index (κ3) is 1.93. The summed E-state index contributed by atoms with van der Waals surface area (Å²) in [6, 6.07) is 3.09. The minimum atomic E-state index is -0.901. The van der Waals surface area contributed by atoms with E-state index in [1.807, 2.05) is 0 Å². The molecule has 0 fully saturated rings. The predicted octanol–water partition coefficient (Wildman–Crippen LogP) is 2.45. The molecule has 0 heterocycles. The van der Waals surface area contributed by atoms with Crippen molar-refractivity contribution in [3.05, 3.63) is 34.6 Å². The molecule has 1 nitrogen and oxygen atoms in total. The van der Waals surface area contributed by atoms with Crippen molar-refractivity contribution in [1.82, 2.24) is 0 Å². The molecule has 0 aliphatic heterocycles. The van der Waals surface area contributed by atoms with Crippen molar-refractivity contribution in [2.75, 3.05) is 6.67 Å². The number of hydrogen-bond donors (Lipinski definition) is 1. The Balaban J connectivity index is 3.01. The Hall–Kier alpha value is -0.670. The van der Waals surface area contributed by atoms with Gasteiger partial charge in [-0.2, -0.15) is 0 Å². The van der Waals surface area contributed by atoms with Crippen LogP contribution in [0.1, 0.15) is 11.6 Å². The predicted molar refractivity (Wildman–Crippen MR) is 44.3 cm³/mol. The van der Waals surface area contributed by atoms with E-state index >= 15 is 0 Å². The van der Waals surface area contributed by atoms with E-state index < -0.39 is 18.5 Å². The van der Waals surface area contributed by atoms with Gasteiger partial charge in [-0.05, 0) is 12.1 Å². The zero-order valence-electron chi connectivity index (χ0n) is 6.23. The van der Waals surface area contributed by atoms with Gasteiger partial charge in [-0.1, -0.05) is 17.7 Å². The van der Waals surface area contributed by atoms with Gasteiger partial charge in [0.05, 0.1) is 6.04 Å². The standard InChI is InChI=1S/C8H8ClF2N/c9-5-1-2-6(7(11)3-5)8(12)4-10/h1-3,8H,4,12H2/t8-/m1/s1. The Morgan fingerprint density at radius 2 is 2.17 bits per heavy atom. The highest BCUT2D eigenvalue weighted by atomic mass is 35.5. The number of alkyl halides is 1. The summed E-state index contributed by atoms with van der Waals surface area (Å²) >= 11 is 5.49. The molecule has 0 spiro atoms. The third-order valence-corrected chi connectivity index (χ3v) is 1.76. The fraction of sp³-hybridized carbons (Fsp3) is 0.250.